The molecule has 0 aliphatic rings. The van der Waals surface area contributed by atoms with Crippen LogP contribution in [0.25, 0.3) is 0 Å². The van der Waals surface area contributed by atoms with Crippen molar-refractivity contribution in [3.8, 4) is 0 Å². The van der Waals surface area contributed by atoms with Gasteiger partial charge in [-0.25, -0.2) is 0 Å². The molecule has 6 heteroatoms. The first-order valence-corrected chi connectivity index (χ1v) is 7.65. The van der Waals surface area contributed by atoms with Crippen LogP contribution in [0.4, 0.5) is 0 Å². The molecule has 2 aromatic rings. The molecular formula is C17H20ClNO4. The van der Waals surface area contributed by atoms with Gasteiger partial charge in [0.15, 0.2) is 0 Å². The third-order valence-electron chi connectivity index (χ3n) is 3.41. The van der Waals surface area contributed by atoms with Crippen LogP contribution in [-0.4, -0.2) is 24.7 Å². The van der Waals surface area contributed by atoms with E-state index in [-0.39, 0.29) is 18.9 Å². The monoisotopic (exact) mass is 337 g/mol. The molecule has 1 aromatic heterocycles. The SMILES string of the molecule is COCC(NC(=O)CC(O)c1ccc(Cl)cc1)c1ccc(C)o1. The topological polar surface area (TPSA) is 71.7 Å². The van der Waals surface area contributed by atoms with Crippen molar-refractivity contribution in [1.82, 2.24) is 5.32 Å². The lowest BCUT2D eigenvalue weighted by atomic mass is 10.1. The summed E-state index contributed by atoms with van der Waals surface area (Å²) in [5.74, 6) is 1.10. The molecule has 0 aliphatic carbocycles. The summed E-state index contributed by atoms with van der Waals surface area (Å²) in [4.78, 5) is 12.2. The van der Waals surface area contributed by atoms with Crippen molar-refractivity contribution in [3.63, 3.8) is 0 Å². The second kappa shape index (κ2) is 8.15. The summed E-state index contributed by atoms with van der Waals surface area (Å²) >= 11 is 5.81. The van der Waals surface area contributed by atoms with E-state index >= 15 is 0 Å². The van der Waals surface area contributed by atoms with Gasteiger partial charge in [0.1, 0.15) is 17.6 Å². The molecule has 0 fully saturated rings. The number of amides is 1. The predicted molar refractivity (Wildman–Crippen MR) is 87.2 cm³/mol. The second-order valence-electron chi connectivity index (χ2n) is 5.30. The van der Waals surface area contributed by atoms with E-state index in [2.05, 4.69) is 5.32 Å². The minimum absolute atomic E-state index is 0.0540. The molecule has 5 nitrogen and oxygen atoms in total. The number of methoxy groups -OCH3 is 1. The first-order chi connectivity index (χ1) is 11.0. The number of aliphatic hydroxyl groups excluding tert-OH is 1. The smallest absolute Gasteiger partial charge is 0.223 e. The average Bonchev–Trinajstić information content (AvgIpc) is 2.94. The molecule has 2 atom stereocenters. The Labute approximate surface area is 140 Å². The zero-order valence-corrected chi connectivity index (χ0v) is 13.8. The number of rotatable bonds is 7. The fourth-order valence-electron chi connectivity index (χ4n) is 2.23. The second-order valence-corrected chi connectivity index (χ2v) is 5.73. The summed E-state index contributed by atoms with van der Waals surface area (Å²) in [5.41, 5.74) is 0.640. The lowest BCUT2D eigenvalue weighted by molar-refractivity contribution is -0.124. The van der Waals surface area contributed by atoms with Gasteiger partial charge in [0.05, 0.1) is 19.1 Å². The van der Waals surface area contributed by atoms with Gasteiger partial charge in [0.25, 0.3) is 0 Å². The Bertz CT molecular complexity index is 638. The standard InChI is InChI=1S/C17H20ClNO4/c1-11-3-8-16(23-11)14(10-22-2)19-17(21)9-15(20)12-4-6-13(18)7-5-12/h3-8,14-15,20H,9-10H2,1-2H3,(H,19,21). The molecule has 0 spiro atoms. The van der Waals surface area contributed by atoms with Crippen LogP contribution in [0.2, 0.25) is 5.02 Å². The van der Waals surface area contributed by atoms with Crippen molar-refractivity contribution in [2.45, 2.75) is 25.5 Å². The van der Waals surface area contributed by atoms with Crippen molar-refractivity contribution < 1.29 is 19.1 Å². The minimum Gasteiger partial charge on any atom is -0.464 e. The summed E-state index contributed by atoms with van der Waals surface area (Å²) in [6.07, 6.45) is -0.949. The predicted octanol–water partition coefficient (Wildman–Crippen LogP) is 3.17. The molecule has 0 radical (unpaired) electrons. The normalized spacial score (nSPS) is 13.6. The van der Waals surface area contributed by atoms with Crippen LogP contribution in [0.5, 0.6) is 0 Å². The van der Waals surface area contributed by atoms with Crippen LogP contribution < -0.4 is 5.32 Å². The molecule has 0 saturated carbocycles. The van der Waals surface area contributed by atoms with Crippen LogP contribution in [-0.2, 0) is 9.53 Å². The van der Waals surface area contributed by atoms with Gasteiger partial charge in [-0.1, -0.05) is 23.7 Å². The van der Waals surface area contributed by atoms with Gasteiger partial charge in [-0.05, 0) is 36.8 Å². The molecule has 1 aromatic carbocycles. The van der Waals surface area contributed by atoms with Gasteiger partial charge in [-0.2, -0.15) is 0 Å². The van der Waals surface area contributed by atoms with E-state index in [0.717, 1.165) is 5.76 Å². The van der Waals surface area contributed by atoms with E-state index in [1.54, 1.807) is 37.4 Å². The maximum Gasteiger partial charge on any atom is 0.223 e. The van der Waals surface area contributed by atoms with Crippen molar-refractivity contribution in [3.05, 3.63) is 58.5 Å². The number of hydrogen-bond donors (Lipinski definition) is 2. The number of furan rings is 1. The van der Waals surface area contributed by atoms with Crippen LogP contribution >= 0.6 is 11.6 Å². The summed E-state index contributed by atoms with van der Waals surface area (Å²) in [5, 5.41) is 13.5. The maximum absolute atomic E-state index is 12.2. The third-order valence-corrected chi connectivity index (χ3v) is 3.66. The Morgan fingerprint density at radius 3 is 2.57 bits per heavy atom. The number of nitrogens with one attached hydrogen (secondary N) is 1. The summed E-state index contributed by atoms with van der Waals surface area (Å²) < 4.78 is 10.6. The molecule has 2 N–H and O–H groups in total. The van der Waals surface area contributed by atoms with Crippen molar-refractivity contribution in [1.29, 1.82) is 0 Å². The number of halogens is 1. The molecular weight excluding hydrogens is 318 g/mol. The molecule has 0 aliphatic heterocycles. The highest BCUT2D eigenvalue weighted by molar-refractivity contribution is 6.30. The molecule has 2 unspecified atom stereocenters. The van der Waals surface area contributed by atoms with E-state index < -0.39 is 12.1 Å². The fourth-order valence-corrected chi connectivity index (χ4v) is 2.36. The van der Waals surface area contributed by atoms with Gasteiger partial charge in [0.2, 0.25) is 5.91 Å². The Balaban J connectivity index is 1.97. The van der Waals surface area contributed by atoms with Gasteiger partial charge in [0, 0.05) is 12.1 Å². The summed E-state index contributed by atoms with van der Waals surface area (Å²) in [7, 11) is 1.55. The fraction of sp³-hybridized carbons (Fsp3) is 0.353. The quantitative estimate of drug-likeness (QED) is 0.814. The number of aliphatic hydroxyl groups is 1. The van der Waals surface area contributed by atoms with E-state index in [1.807, 2.05) is 13.0 Å². The Kier molecular flexibility index (Phi) is 6.21. The zero-order valence-electron chi connectivity index (χ0n) is 13.1. The highest BCUT2D eigenvalue weighted by Crippen LogP contribution is 2.21. The van der Waals surface area contributed by atoms with Crippen LogP contribution in [0.15, 0.2) is 40.8 Å². The van der Waals surface area contributed by atoms with Gasteiger partial charge in [-0.3, -0.25) is 4.79 Å². The molecule has 1 amide bonds. The van der Waals surface area contributed by atoms with E-state index in [0.29, 0.717) is 16.3 Å². The number of ether oxygens (including phenoxy) is 1. The molecule has 0 bridgehead atoms. The first-order valence-electron chi connectivity index (χ1n) is 7.27. The number of hydrogen-bond acceptors (Lipinski definition) is 4. The Morgan fingerprint density at radius 1 is 1.30 bits per heavy atom. The average molecular weight is 338 g/mol. The number of benzene rings is 1. The largest absolute Gasteiger partial charge is 0.464 e. The molecule has 124 valence electrons. The zero-order chi connectivity index (χ0) is 16.8. The van der Waals surface area contributed by atoms with Crippen LogP contribution in [0.1, 0.15) is 35.7 Å². The molecule has 23 heavy (non-hydrogen) atoms. The lowest BCUT2D eigenvalue weighted by Crippen LogP contribution is -2.32. The van der Waals surface area contributed by atoms with Crippen LogP contribution in [0, 0.1) is 6.92 Å². The Hall–Kier alpha value is -1.82. The van der Waals surface area contributed by atoms with Gasteiger partial charge >= 0.3 is 0 Å². The minimum atomic E-state index is -0.895. The van der Waals surface area contributed by atoms with E-state index in [9.17, 15) is 9.90 Å². The first kappa shape index (κ1) is 17.5. The molecule has 1 heterocycles. The van der Waals surface area contributed by atoms with Crippen molar-refractivity contribution >= 4 is 17.5 Å². The highest BCUT2D eigenvalue weighted by atomic mass is 35.5. The molecule has 2 rings (SSSR count). The number of carbonyl (C=O) groups excluding carboxylic acids is 1. The van der Waals surface area contributed by atoms with Gasteiger partial charge in [-0.15, -0.1) is 0 Å². The number of aryl methyl sites for hydroxylation is 1. The highest BCUT2D eigenvalue weighted by Gasteiger charge is 2.20. The lowest BCUT2D eigenvalue weighted by Gasteiger charge is -2.17. The maximum atomic E-state index is 12.2. The third kappa shape index (κ3) is 5.10. The van der Waals surface area contributed by atoms with Crippen LogP contribution in [0.3, 0.4) is 0 Å². The Morgan fingerprint density at radius 2 is 2.00 bits per heavy atom. The summed E-state index contributed by atoms with van der Waals surface area (Å²) in [6.45, 7) is 2.12. The number of carbonyl (C=O) groups is 1. The van der Waals surface area contributed by atoms with Gasteiger partial charge < -0.3 is 19.6 Å². The molecule has 0 saturated heterocycles. The van der Waals surface area contributed by atoms with E-state index in [4.69, 9.17) is 20.8 Å². The van der Waals surface area contributed by atoms with E-state index in [1.165, 1.54) is 0 Å². The summed E-state index contributed by atoms with van der Waals surface area (Å²) in [6, 6.07) is 9.99. The van der Waals surface area contributed by atoms with Crippen molar-refractivity contribution in [2.75, 3.05) is 13.7 Å². The van der Waals surface area contributed by atoms with Crippen molar-refractivity contribution in [2.24, 2.45) is 0 Å².